The van der Waals surface area contributed by atoms with E-state index in [0.717, 1.165) is 34.4 Å². The molecule has 1 aliphatic heterocycles. The molecule has 130 valence electrons. The summed E-state index contributed by atoms with van der Waals surface area (Å²) in [4.78, 5) is 13.1. The zero-order chi connectivity index (χ0) is 15.9. The number of carbonyl (C=O) groups is 1. The summed E-state index contributed by atoms with van der Waals surface area (Å²) in [6.45, 7) is 2.17. The van der Waals surface area contributed by atoms with Gasteiger partial charge in [-0.2, -0.15) is 0 Å². The third-order valence-corrected chi connectivity index (χ3v) is 5.71. The van der Waals surface area contributed by atoms with Gasteiger partial charge in [-0.3, -0.25) is 4.79 Å². The van der Waals surface area contributed by atoms with Crippen LogP contribution in [0.5, 0.6) is 0 Å². The Morgan fingerprint density at radius 3 is 2.71 bits per heavy atom. The van der Waals surface area contributed by atoms with Crippen LogP contribution in [0.3, 0.4) is 0 Å². The fraction of sp³-hybridized carbons (Fsp3) is 0.438. The van der Waals surface area contributed by atoms with Crippen LogP contribution >= 0.6 is 35.5 Å². The van der Waals surface area contributed by atoms with Gasteiger partial charge in [0, 0.05) is 17.0 Å². The first-order valence-electron chi connectivity index (χ1n) is 7.84. The molecule has 24 heavy (non-hydrogen) atoms. The Bertz CT molecular complexity index is 616. The van der Waals surface area contributed by atoms with E-state index in [4.69, 9.17) is 0 Å². The van der Waals surface area contributed by atoms with Gasteiger partial charge in [0.1, 0.15) is 5.51 Å². The third-order valence-electron chi connectivity index (χ3n) is 3.92. The summed E-state index contributed by atoms with van der Waals surface area (Å²) in [6.07, 6.45) is 3.96. The van der Waals surface area contributed by atoms with Gasteiger partial charge in [-0.25, -0.2) is 0 Å². The fourth-order valence-corrected chi connectivity index (χ4v) is 4.09. The Morgan fingerprint density at radius 2 is 2.04 bits per heavy atom. The highest BCUT2D eigenvalue weighted by Gasteiger charge is 2.14. The number of nitrogens with zero attached hydrogens (tertiary/aromatic N) is 2. The Balaban J connectivity index is 0.00000208. The number of halogens is 1. The van der Waals surface area contributed by atoms with E-state index in [0.29, 0.717) is 12.3 Å². The molecular weight excluding hydrogens is 364 g/mol. The van der Waals surface area contributed by atoms with Crippen LogP contribution < -0.4 is 10.6 Å². The first-order chi connectivity index (χ1) is 11.3. The van der Waals surface area contributed by atoms with Gasteiger partial charge in [0.2, 0.25) is 5.91 Å². The maximum Gasteiger partial charge on any atom is 0.224 e. The molecule has 1 aliphatic rings. The van der Waals surface area contributed by atoms with E-state index in [9.17, 15) is 4.79 Å². The van der Waals surface area contributed by atoms with Crippen molar-refractivity contribution in [2.24, 2.45) is 5.92 Å². The van der Waals surface area contributed by atoms with Gasteiger partial charge >= 0.3 is 0 Å². The van der Waals surface area contributed by atoms with Crippen molar-refractivity contribution >= 4 is 47.1 Å². The molecule has 1 amide bonds. The SMILES string of the molecule is Cl.O=C(CCC1CCNCC1)Nc1ccc(Sc2nncs2)cc1. The molecule has 8 heteroatoms. The molecule has 0 atom stereocenters. The molecule has 0 spiro atoms. The Hall–Kier alpha value is -1.15. The summed E-state index contributed by atoms with van der Waals surface area (Å²) in [5.74, 6) is 0.792. The summed E-state index contributed by atoms with van der Waals surface area (Å²) >= 11 is 3.10. The molecular formula is C16H21ClN4OS2. The highest BCUT2D eigenvalue weighted by atomic mass is 35.5. The minimum Gasteiger partial charge on any atom is -0.326 e. The van der Waals surface area contributed by atoms with Crippen molar-refractivity contribution < 1.29 is 4.79 Å². The number of carbonyl (C=O) groups excluding carboxylic acids is 1. The lowest BCUT2D eigenvalue weighted by atomic mass is 9.93. The van der Waals surface area contributed by atoms with Gasteiger partial charge in [-0.05, 0) is 62.5 Å². The minimum absolute atomic E-state index is 0. The van der Waals surface area contributed by atoms with Crippen molar-refractivity contribution in [3.05, 3.63) is 29.8 Å². The second kappa shape index (κ2) is 9.98. The molecule has 0 unspecified atom stereocenters. The molecule has 1 aromatic heterocycles. The van der Waals surface area contributed by atoms with Crippen LogP contribution in [0.1, 0.15) is 25.7 Å². The first kappa shape index (κ1) is 19.2. The second-order valence-electron chi connectivity index (χ2n) is 5.61. The monoisotopic (exact) mass is 384 g/mol. The molecule has 2 N–H and O–H groups in total. The lowest BCUT2D eigenvalue weighted by Gasteiger charge is -2.22. The van der Waals surface area contributed by atoms with E-state index in [1.54, 1.807) is 17.3 Å². The van der Waals surface area contributed by atoms with E-state index in [1.165, 1.54) is 24.2 Å². The molecule has 5 nitrogen and oxygen atoms in total. The Labute approximate surface area is 156 Å². The molecule has 1 fully saturated rings. The van der Waals surface area contributed by atoms with Gasteiger partial charge in [0.25, 0.3) is 0 Å². The first-order valence-corrected chi connectivity index (χ1v) is 9.54. The molecule has 2 heterocycles. The van der Waals surface area contributed by atoms with Crippen molar-refractivity contribution in [1.29, 1.82) is 0 Å². The number of rotatable bonds is 6. The van der Waals surface area contributed by atoms with Gasteiger partial charge in [-0.15, -0.1) is 22.6 Å². The fourth-order valence-electron chi connectivity index (χ4n) is 2.64. The molecule has 0 aliphatic carbocycles. The maximum atomic E-state index is 12.0. The quantitative estimate of drug-likeness (QED) is 0.792. The average molecular weight is 385 g/mol. The zero-order valence-corrected chi connectivity index (χ0v) is 15.7. The summed E-state index contributed by atoms with van der Waals surface area (Å²) in [5, 5.41) is 14.2. The highest BCUT2D eigenvalue weighted by Crippen LogP contribution is 2.29. The summed E-state index contributed by atoms with van der Waals surface area (Å²) in [6, 6.07) is 7.86. The Kier molecular flexibility index (Phi) is 7.98. The third kappa shape index (κ3) is 6.05. The number of hydrogen-bond acceptors (Lipinski definition) is 6. The molecule has 1 saturated heterocycles. The predicted molar refractivity (Wildman–Crippen MR) is 101 cm³/mol. The van der Waals surface area contributed by atoms with E-state index in [2.05, 4.69) is 20.8 Å². The standard InChI is InChI=1S/C16H20N4OS2.ClH/c21-15(6-1-12-7-9-17-10-8-12)19-13-2-4-14(5-3-13)23-16-20-18-11-22-16;/h2-5,11-12,17H,1,6-10H2,(H,19,21);1H. The second-order valence-corrected chi connectivity index (χ2v) is 7.77. The molecule has 0 bridgehead atoms. The van der Waals surface area contributed by atoms with Gasteiger partial charge in [0.05, 0.1) is 0 Å². The van der Waals surface area contributed by atoms with E-state index < -0.39 is 0 Å². The van der Waals surface area contributed by atoms with Crippen molar-refractivity contribution in [3.63, 3.8) is 0 Å². The topological polar surface area (TPSA) is 66.9 Å². The van der Waals surface area contributed by atoms with E-state index in [-0.39, 0.29) is 18.3 Å². The number of amides is 1. The van der Waals surface area contributed by atoms with Crippen molar-refractivity contribution in [2.75, 3.05) is 18.4 Å². The number of nitrogens with one attached hydrogen (secondary N) is 2. The van der Waals surface area contributed by atoms with Crippen LogP contribution in [-0.4, -0.2) is 29.2 Å². The van der Waals surface area contributed by atoms with Crippen LogP contribution in [0, 0.1) is 5.92 Å². The van der Waals surface area contributed by atoms with Crippen molar-refractivity contribution in [1.82, 2.24) is 15.5 Å². The average Bonchev–Trinajstić information content (AvgIpc) is 3.09. The molecule has 0 radical (unpaired) electrons. The lowest BCUT2D eigenvalue weighted by molar-refractivity contribution is -0.116. The molecule has 1 aromatic carbocycles. The van der Waals surface area contributed by atoms with Crippen LogP contribution in [-0.2, 0) is 4.79 Å². The van der Waals surface area contributed by atoms with E-state index in [1.807, 2.05) is 24.3 Å². The number of hydrogen-bond donors (Lipinski definition) is 2. The molecule has 3 rings (SSSR count). The zero-order valence-electron chi connectivity index (χ0n) is 13.2. The molecule has 2 aromatic rings. The van der Waals surface area contributed by atoms with Crippen molar-refractivity contribution in [3.8, 4) is 0 Å². The number of aromatic nitrogens is 2. The number of benzene rings is 1. The number of anilines is 1. The lowest BCUT2D eigenvalue weighted by Crippen LogP contribution is -2.28. The smallest absolute Gasteiger partial charge is 0.224 e. The van der Waals surface area contributed by atoms with Gasteiger partial charge in [0.15, 0.2) is 4.34 Å². The maximum absolute atomic E-state index is 12.0. The van der Waals surface area contributed by atoms with Crippen LogP contribution in [0.2, 0.25) is 0 Å². The largest absolute Gasteiger partial charge is 0.326 e. The van der Waals surface area contributed by atoms with Gasteiger partial charge in [-0.1, -0.05) is 23.1 Å². The van der Waals surface area contributed by atoms with Crippen LogP contribution in [0.25, 0.3) is 0 Å². The van der Waals surface area contributed by atoms with E-state index >= 15 is 0 Å². The van der Waals surface area contributed by atoms with Gasteiger partial charge < -0.3 is 10.6 Å². The van der Waals surface area contributed by atoms with Crippen LogP contribution in [0.15, 0.2) is 39.0 Å². The van der Waals surface area contributed by atoms with Crippen LogP contribution in [0.4, 0.5) is 5.69 Å². The Morgan fingerprint density at radius 1 is 1.29 bits per heavy atom. The minimum atomic E-state index is 0. The predicted octanol–water partition coefficient (Wildman–Crippen LogP) is 3.83. The number of piperidine rings is 1. The molecule has 0 saturated carbocycles. The van der Waals surface area contributed by atoms with Crippen molar-refractivity contribution in [2.45, 2.75) is 34.9 Å². The summed E-state index contributed by atoms with van der Waals surface area (Å²) in [5.41, 5.74) is 2.57. The summed E-state index contributed by atoms with van der Waals surface area (Å²) in [7, 11) is 0. The highest BCUT2D eigenvalue weighted by molar-refractivity contribution is 8.01. The summed E-state index contributed by atoms with van der Waals surface area (Å²) < 4.78 is 0.920. The normalized spacial score (nSPS) is 14.8.